The first-order chi connectivity index (χ1) is 13.9. The summed E-state index contributed by atoms with van der Waals surface area (Å²) in [5, 5.41) is 14.5. The largest absolute Gasteiger partial charge is 0.480 e. The summed E-state index contributed by atoms with van der Waals surface area (Å²) in [5.74, 6) is -1.28. The monoisotopic (exact) mass is 420 g/mol. The van der Waals surface area contributed by atoms with Crippen molar-refractivity contribution < 1.29 is 19.4 Å². The minimum atomic E-state index is -1.21. The highest BCUT2D eigenvalue weighted by molar-refractivity contribution is 6.29. The van der Waals surface area contributed by atoms with Gasteiger partial charge in [0.05, 0.1) is 6.20 Å². The van der Waals surface area contributed by atoms with Gasteiger partial charge in [0, 0.05) is 12.6 Å². The van der Waals surface area contributed by atoms with Crippen LogP contribution in [0, 0.1) is 0 Å². The lowest BCUT2D eigenvalue weighted by molar-refractivity contribution is -0.137. The average Bonchev–Trinajstić information content (AvgIpc) is 2.70. The Bertz CT molecular complexity index is 917. The van der Waals surface area contributed by atoms with E-state index < -0.39 is 30.2 Å². The molecule has 1 amide bonds. The fourth-order valence-electron chi connectivity index (χ4n) is 2.51. The molecule has 29 heavy (non-hydrogen) atoms. The van der Waals surface area contributed by atoms with Gasteiger partial charge < -0.3 is 20.5 Å². The number of amides is 1. The molecule has 1 aromatic heterocycles. The molecule has 0 aliphatic heterocycles. The maximum atomic E-state index is 12.6. The molecule has 0 unspecified atom stereocenters. The molecule has 1 heterocycles. The van der Waals surface area contributed by atoms with E-state index >= 15 is 0 Å². The number of aromatic nitrogens is 2. The van der Waals surface area contributed by atoms with E-state index in [1.54, 1.807) is 0 Å². The summed E-state index contributed by atoms with van der Waals surface area (Å²) in [5.41, 5.74) is 0.290. The Hall–Kier alpha value is -3.33. The van der Waals surface area contributed by atoms with Gasteiger partial charge in [0.25, 0.3) is 5.56 Å². The molecular weight excluding hydrogens is 400 g/mol. The van der Waals surface area contributed by atoms with Crippen LogP contribution < -0.4 is 16.2 Å². The van der Waals surface area contributed by atoms with Crippen LogP contribution in [0.1, 0.15) is 5.56 Å². The molecule has 0 spiro atoms. The SMILES string of the molecule is C=CCOC(=O)NC[C@H](Cc1ccccc1)Nc1ncc(Cl)n(CC(=O)O)c1=O. The number of carboxylic acids is 1. The Balaban J connectivity index is 2.20. The molecule has 1 atom stereocenters. The van der Waals surface area contributed by atoms with Gasteiger partial charge in [-0.05, 0) is 12.0 Å². The van der Waals surface area contributed by atoms with Gasteiger partial charge in [0.2, 0.25) is 0 Å². The van der Waals surface area contributed by atoms with Gasteiger partial charge in [0.1, 0.15) is 18.3 Å². The van der Waals surface area contributed by atoms with E-state index in [-0.39, 0.29) is 24.1 Å². The highest BCUT2D eigenvalue weighted by atomic mass is 35.5. The zero-order chi connectivity index (χ0) is 21.2. The number of carbonyl (C=O) groups excluding carboxylic acids is 1. The van der Waals surface area contributed by atoms with Gasteiger partial charge in [-0.25, -0.2) is 9.78 Å². The standard InChI is InChI=1S/C19H21ClN4O5/c1-2-8-29-19(28)22-10-14(9-13-6-4-3-5-7-13)23-17-18(27)24(12-16(25)26)15(20)11-21-17/h2-7,11,14H,1,8-10,12H2,(H,21,23)(H,22,28)(H,25,26)/t14-/m0/s1. The highest BCUT2D eigenvalue weighted by Gasteiger charge is 2.17. The summed E-state index contributed by atoms with van der Waals surface area (Å²) in [7, 11) is 0. The quantitative estimate of drug-likeness (QED) is 0.502. The van der Waals surface area contributed by atoms with Crippen molar-refractivity contribution in [2.45, 2.75) is 19.0 Å². The zero-order valence-electron chi connectivity index (χ0n) is 15.5. The van der Waals surface area contributed by atoms with Crippen molar-refractivity contribution in [3.63, 3.8) is 0 Å². The van der Waals surface area contributed by atoms with Gasteiger partial charge in [-0.15, -0.1) is 0 Å². The lowest BCUT2D eigenvalue weighted by Crippen LogP contribution is -2.40. The Morgan fingerprint density at radius 1 is 1.34 bits per heavy atom. The molecule has 1 aromatic carbocycles. The smallest absolute Gasteiger partial charge is 0.407 e. The van der Waals surface area contributed by atoms with Crippen LogP contribution in [0.2, 0.25) is 5.15 Å². The van der Waals surface area contributed by atoms with Crippen molar-refractivity contribution in [2.24, 2.45) is 0 Å². The molecule has 0 saturated heterocycles. The zero-order valence-corrected chi connectivity index (χ0v) is 16.3. The Labute approximate surface area is 172 Å². The number of nitrogens with one attached hydrogen (secondary N) is 2. The highest BCUT2D eigenvalue weighted by Crippen LogP contribution is 2.10. The van der Waals surface area contributed by atoms with Crippen LogP contribution in [-0.2, 0) is 22.5 Å². The number of aliphatic carboxylic acids is 1. The van der Waals surface area contributed by atoms with Crippen LogP contribution in [0.5, 0.6) is 0 Å². The Morgan fingerprint density at radius 3 is 2.72 bits per heavy atom. The Morgan fingerprint density at radius 2 is 2.07 bits per heavy atom. The lowest BCUT2D eigenvalue weighted by atomic mass is 10.1. The van der Waals surface area contributed by atoms with Crippen LogP contribution in [0.15, 0.2) is 54.0 Å². The van der Waals surface area contributed by atoms with Crippen LogP contribution in [0.3, 0.4) is 0 Å². The van der Waals surface area contributed by atoms with Crippen LogP contribution in [0.4, 0.5) is 10.6 Å². The fraction of sp³-hybridized carbons (Fsp3) is 0.263. The van der Waals surface area contributed by atoms with Gasteiger partial charge >= 0.3 is 12.1 Å². The van der Waals surface area contributed by atoms with Crippen molar-refractivity contribution in [3.05, 3.63) is 70.3 Å². The number of hydrogen-bond acceptors (Lipinski definition) is 6. The van der Waals surface area contributed by atoms with Gasteiger partial charge in [-0.1, -0.05) is 54.6 Å². The van der Waals surface area contributed by atoms with Crippen LogP contribution >= 0.6 is 11.6 Å². The molecule has 0 bridgehead atoms. The predicted octanol–water partition coefficient (Wildman–Crippen LogP) is 1.92. The third-order valence-corrected chi connectivity index (χ3v) is 4.09. The van der Waals surface area contributed by atoms with Gasteiger partial charge in [-0.2, -0.15) is 0 Å². The molecule has 10 heteroatoms. The fourth-order valence-corrected chi connectivity index (χ4v) is 2.69. The summed E-state index contributed by atoms with van der Waals surface area (Å²) in [6.07, 6.45) is 2.48. The molecule has 154 valence electrons. The van der Waals surface area contributed by atoms with E-state index in [9.17, 15) is 14.4 Å². The summed E-state index contributed by atoms with van der Waals surface area (Å²) in [4.78, 5) is 39.2. The third-order valence-electron chi connectivity index (χ3n) is 3.79. The Kier molecular flexibility index (Phi) is 8.23. The van der Waals surface area contributed by atoms with Crippen LogP contribution in [-0.4, -0.2) is 45.9 Å². The molecule has 0 radical (unpaired) electrons. The molecule has 9 nitrogen and oxygen atoms in total. The summed E-state index contributed by atoms with van der Waals surface area (Å²) in [6, 6.07) is 9.01. The molecule has 2 aromatic rings. The lowest BCUT2D eigenvalue weighted by Gasteiger charge is -2.20. The van der Waals surface area contributed by atoms with Crippen molar-refractivity contribution in [3.8, 4) is 0 Å². The topological polar surface area (TPSA) is 123 Å². The van der Waals surface area contributed by atoms with Crippen LogP contribution in [0.25, 0.3) is 0 Å². The number of alkyl carbamates (subject to hydrolysis) is 1. The maximum absolute atomic E-state index is 12.6. The van der Waals surface area contributed by atoms with E-state index in [4.69, 9.17) is 21.4 Å². The first-order valence-electron chi connectivity index (χ1n) is 8.69. The number of benzene rings is 1. The number of carboxylic acid groups (broad SMARTS) is 1. The second-order valence-corrected chi connectivity index (χ2v) is 6.40. The van der Waals surface area contributed by atoms with Crippen molar-refractivity contribution in [2.75, 3.05) is 18.5 Å². The number of ether oxygens (including phenoxy) is 1. The number of carbonyl (C=O) groups is 2. The molecular formula is C19H21ClN4O5. The van der Waals surface area contributed by atoms with Crippen molar-refractivity contribution in [1.82, 2.24) is 14.9 Å². The van der Waals surface area contributed by atoms with E-state index in [0.717, 1.165) is 10.1 Å². The number of nitrogens with zero attached hydrogens (tertiary/aromatic N) is 2. The minimum Gasteiger partial charge on any atom is -0.480 e. The van der Waals surface area contributed by atoms with Gasteiger partial charge in [-0.3, -0.25) is 14.2 Å². The first-order valence-corrected chi connectivity index (χ1v) is 9.07. The van der Waals surface area contributed by atoms with E-state index in [0.29, 0.717) is 6.42 Å². The summed E-state index contributed by atoms with van der Waals surface area (Å²) < 4.78 is 5.78. The van der Waals surface area contributed by atoms with Crippen molar-refractivity contribution in [1.29, 1.82) is 0 Å². The number of halogens is 1. The third kappa shape index (κ3) is 6.96. The molecule has 0 aliphatic carbocycles. The second kappa shape index (κ2) is 10.9. The summed E-state index contributed by atoms with van der Waals surface area (Å²) in [6.45, 7) is 3.08. The number of rotatable bonds is 10. The first kappa shape index (κ1) is 22.0. The normalized spacial score (nSPS) is 11.3. The van der Waals surface area contributed by atoms with E-state index in [2.05, 4.69) is 22.2 Å². The molecule has 3 N–H and O–H groups in total. The van der Waals surface area contributed by atoms with E-state index in [1.807, 2.05) is 30.3 Å². The number of anilines is 1. The second-order valence-electron chi connectivity index (χ2n) is 6.01. The molecule has 0 aliphatic rings. The molecule has 2 rings (SSSR count). The van der Waals surface area contributed by atoms with E-state index in [1.165, 1.54) is 12.3 Å². The predicted molar refractivity (Wildman–Crippen MR) is 108 cm³/mol. The number of hydrogen-bond donors (Lipinski definition) is 3. The molecule has 0 saturated carbocycles. The van der Waals surface area contributed by atoms with Crippen molar-refractivity contribution >= 4 is 29.5 Å². The average molecular weight is 421 g/mol. The minimum absolute atomic E-state index is 0.0707. The molecule has 0 fully saturated rings. The van der Waals surface area contributed by atoms with Gasteiger partial charge in [0.15, 0.2) is 5.82 Å². The summed E-state index contributed by atoms with van der Waals surface area (Å²) >= 11 is 5.89. The maximum Gasteiger partial charge on any atom is 0.407 e.